The van der Waals surface area contributed by atoms with Crippen molar-refractivity contribution in [1.82, 2.24) is 0 Å². The first kappa shape index (κ1) is 39.8. The Balaban J connectivity index is 5.15. The molecular weight excluding hydrogens is 649 g/mol. The molecule has 0 aromatic rings. The van der Waals surface area contributed by atoms with Gasteiger partial charge in [0.2, 0.25) is 0 Å². The zero-order valence-electron chi connectivity index (χ0n) is 24.5. The van der Waals surface area contributed by atoms with E-state index in [9.17, 15) is 0 Å². The van der Waals surface area contributed by atoms with Gasteiger partial charge in [0.25, 0.3) is 0 Å². The first-order valence-electron chi connectivity index (χ1n) is 11.4. The Morgan fingerprint density at radius 1 is 0.368 bits per heavy atom. The van der Waals surface area contributed by atoms with Crippen molar-refractivity contribution in [2.75, 3.05) is 96.8 Å². The van der Waals surface area contributed by atoms with Gasteiger partial charge >= 0.3 is 35.2 Å². The molecule has 0 radical (unpaired) electrons. The molecule has 230 valence electrons. The topological polar surface area (TPSA) is 111 Å². The second kappa shape index (κ2) is 20.7. The Hall–Kier alpha value is 1.79. The lowest BCUT2D eigenvalue weighted by Crippen LogP contribution is -2.62. The van der Waals surface area contributed by atoms with Crippen molar-refractivity contribution in [1.29, 1.82) is 0 Å². The van der Waals surface area contributed by atoms with Crippen LogP contribution in [0.1, 0.15) is 12.8 Å². The average molecular weight is 695 g/mol. The molecule has 0 fully saturated rings. The van der Waals surface area contributed by atoms with Crippen LogP contribution in [0.4, 0.5) is 0 Å². The van der Waals surface area contributed by atoms with Crippen LogP contribution in [0.15, 0.2) is 0 Å². The third-order valence-corrected chi connectivity index (χ3v) is 28.4. The van der Waals surface area contributed by atoms with E-state index in [0.29, 0.717) is 12.8 Å². The van der Waals surface area contributed by atoms with E-state index < -0.39 is 35.2 Å². The van der Waals surface area contributed by atoms with E-state index in [1.807, 2.05) is 0 Å². The fourth-order valence-electron chi connectivity index (χ4n) is 4.29. The van der Waals surface area contributed by atoms with Gasteiger partial charge < -0.3 is 53.1 Å². The monoisotopic (exact) mass is 694 g/mol. The fraction of sp³-hybridized carbons (Fsp3) is 1.00. The van der Waals surface area contributed by atoms with E-state index in [1.54, 1.807) is 127 Å². The highest BCUT2D eigenvalue weighted by molar-refractivity contribution is 9.26. The van der Waals surface area contributed by atoms with E-state index in [-0.39, 0.29) is 10.3 Å². The van der Waals surface area contributed by atoms with Gasteiger partial charge in [-0.2, -0.15) is 0 Å². The van der Waals surface area contributed by atoms with E-state index in [2.05, 4.69) is 0 Å². The zero-order chi connectivity index (χ0) is 29.3. The Kier molecular flexibility index (Phi) is 21.6. The van der Waals surface area contributed by atoms with Crippen LogP contribution in [-0.2, 0) is 53.1 Å². The van der Waals surface area contributed by atoms with Crippen molar-refractivity contribution in [3.63, 3.8) is 0 Å². The summed E-state index contributed by atoms with van der Waals surface area (Å²) in [6.45, 7) is 0. The maximum Gasteiger partial charge on any atom is 0.507 e. The first-order valence-corrected chi connectivity index (χ1v) is 23.8. The highest BCUT2D eigenvalue weighted by atomic mass is 33.7. The van der Waals surface area contributed by atoms with Crippen LogP contribution in [0.2, 0.25) is 10.3 Å². The molecule has 0 amide bonds. The Morgan fingerprint density at radius 2 is 0.553 bits per heavy atom. The minimum Gasteiger partial charge on any atom is -0.377 e. The second-order valence-electron chi connectivity index (χ2n) is 7.33. The average Bonchev–Trinajstić information content (AvgIpc) is 2.97. The van der Waals surface area contributed by atoms with Gasteiger partial charge in [-0.3, -0.25) is 0 Å². The van der Waals surface area contributed by atoms with Crippen molar-refractivity contribution < 1.29 is 53.1 Å². The van der Waals surface area contributed by atoms with Gasteiger partial charge in [0.1, 0.15) is 10.3 Å². The fourth-order valence-corrected chi connectivity index (χ4v) is 26.4. The molecule has 0 aliphatic heterocycles. The van der Waals surface area contributed by atoms with Gasteiger partial charge in [-0.05, 0) is 32.5 Å². The van der Waals surface area contributed by atoms with Gasteiger partial charge in [0.05, 0.1) is 0 Å². The lowest BCUT2D eigenvalue weighted by molar-refractivity contribution is 0.0783. The molecule has 0 saturated carbocycles. The van der Waals surface area contributed by atoms with E-state index in [4.69, 9.17) is 53.1 Å². The quantitative estimate of drug-likeness (QED) is 0.0785. The van der Waals surface area contributed by atoms with Crippen LogP contribution in [0, 0.1) is 0 Å². The summed E-state index contributed by atoms with van der Waals surface area (Å²) in [6.07, 6.45) is 1.34. The first-order chi connectivity index (χ1) is 18.2. The lowest BCUT2D eigenvalue weighted by Gasteiger charge is -2.39. The largest absolute Gasteiger partial charge is 0.507 e. The third kappa shape index (κ3) is 9.65. The SMILES string of the molecule is CO[Si](OC)(OC)C(CCSSSSCCC([Si](OC)(OC)OC)[Si](OC)(OC)OC)[Si](OC)(OC)OC. The normalized spacial score (nSPS) is 13.7. The third-order valence-electron chi connectivity index (χ3n) is 6.23. The maximum absolute atomic E-state index is 5.76. The van der Waals surface area contributed by atoms with Gasteiger partial charge in [-0.15, -0.1) is 0 Å². The van der Waals surface area contributed by atoms with E-state index >= 15 is 0 Å². The second-order valence-corrected chi connectivity index (χ2v) is 27.2. The molecule has 12 nitrogen and oxygen atoms in total. The molecule has 0 aromatic heterocycles. The van der Waals surface area contributed by atoms with Gasteiger partial charge in [0.15, 0.2) is 0 Å². The molecule has 0 rings (SSSR count). The van der Waals surface area contributed by atoms with E-state index in [1.165, 1.54) is 0 Å². The van der Waals surface area contributed by atoms with Crippen LogP contribution in [0.5, 0.6) is 0 Å². The summed E-state index contributed by atoms with van der Waals surface area (Å²) in [7, 11) is 13.3. The molecule has 0 spiro atoms. The molecule has 0 heterocycles. The Labute approximate surface area is 248 Å². The van der Waals surface area contributed by atoms with Crippen LogP contribution in [-0.4, -0.2) is 132 Å². The predicted molar refractivity (Wildman–Crippen MR) is 164 cm³/mol. The summed E-state index contributed by atoms with van der Waals surface area (Å²) in [4.78, 5) is 0. The molecule has 0 aromatic carbocycles. The van der Waals surface area contributed by atoms with Crippen LogP contribution < -0.4 is 0 Å². The zero-order valence-corrected chi connectivity index (χ0v) is 31.8. The molecule has 0 atom stereocenters. The van der Waals surface area contributed by atoms with Gasteiger partial charge in [-0.25, -0.2) is 0 Å². The molecular formula is C18H46O12S4Si4. The minimum absolute atomic E-state index is 0.285. The molecule has 0 N–H and O–H groups in total. The lowest BCUT2D eigenvalue weighted by atomic mass is 10.6. The van der Waals surface area contributed by atoms with E-state index in [0.717, 1.165) is 11.5 Å². The molecule has 0 saturated heterocycles. The molecule has 20 heteroatoms. The molecule has 0 bridgehead atoms. The van der Waals surface area contributed by atoms with Crippen LogP contribution >= 0.6 is 41.2 Å². The van der Waals surface area contributed by atoms with Crippen LogP contribution in [0.3, 0.4) is 0 Å². The van der Waals surface area contributed by atoms with Gasteiger partial charge in [-0.1, -0.05) is 21.6 Å². The maximum atomic E-state index is 5.76. The highest BCUT2D eigenvalue weighted by Crippen LogP contribution is 2.47. The summed E-state index contributed by atoms with van der Waals surface area (Å²) >= 11 is 0. The molecule has 0 aliphatic rings. The number of hydrogen-bond acceptors (Lipinski definition) is 16. The van der Waals surface area contributed by atoms with Crippen molar-refractivity contribution in [2.24, 2.45) is 0 Å². The van der Waals surface area contributed by atoms with Gasteiger partial charge in [0, 0.05) is 96.8 Å². The highest BCUT2D eigenvalue weighted by Gasteiger charge is 2.64. The molecule has 0 unspecified atom stereocenters. The summed E-state index contributed by atoms with van der Waals surface area (Å²) in [5.41, 5.74) is 0. The number of rotatable bonds is 25. The van der Waals surface area contributed by atoms with Crippen molar-refractivity contribution in [3.8, 4) is 0 Å². The molecule has 38 heavy (non-hydrogen) atoms. The summed E-state index contributed by atoms with van der Waals surface area (Å²) in [5, 5.41) is -0.570. The molecule has 0 aliphatic carbocycles. The van der Waals surface area contributed by atoms with Crippen molar-refractivity contribution in [3.05, 3.63) is 0 Å². The summed E-state index contributed by atoms with van der Waals surface area (Å²) in [6, 6.07) is 0. The smallest absolute Gasteiger partial charge is 0.377 e. The van der Waals surface area contributed by atoms with Crippen molar-refractivity contribution >= 4 is 76.5 Å². The van der Waals surface area contributed by atoms with Crippen LogP contribution in [0.25, 0.3) is 0 Å². The Morgan fingerprint density at radius 3 is 0.711 bits per heavy atom. The summed E-state index contributed by atoms with van der Waals surface area (Å²) < 4.78 is 69.1. The predicted octanol–water partition coefficient (Wildman–Crippen LogP) is 3.78. The Bertz CT molecular complexity index is 483. The van der Waals surface area contributed by atoms with Crippen molar-refractivity contribution in [2.45, 2.75) is 23.2 Å². The minimum atomic E-state index is -3.11. The summed E-state index contributed by atoms with van der Waals surface area (Å²) in [5.74, 6) is 1.56. The standard InChI is InChI=1S/C18H46O12S4Si4/c1-19-35(20-2,21-3)17(36(22-4,23-5)24-6)13-15-31-33-34-32-16-14-18(37(25-7,26-8)27-9)38(28-10,29-11)30-12/h17-18H,13-16H2,1-12H3. The number of hydrogen-bond donors (Lipinski definition) is 0.